The van der Waals surface area contributed by atoms with Gasteiger partial charge in [0.2, 0.25) is 4.73 Å². The lowest BCUT2D eigenvalue weighted by atomic mass is 10.3. The number of benzene rings is 1. The summed E-state index contributed by atoms with van der Waals surface area (Å²) in [5.41, 5.74) is 0.708. The van der Waals surface area contributed by atoms with Crippen LogP contribution in [0.2, 0.25) is 0 Å². The van der Waals surface area contributed by atoms with Crippen LogP contribution in [0.4, 0.5) is 8.78 Å². The van der Waals surface area contributed by atoms with Crippen LogP contribution >= 0.6 is 15.9 Å². The third kappa shape index (κ3) is 2.54. The predicted octanol–water partition coefficient (Wildman–Crippen LogP) is 2.63. The van der Waals surface area contributed by atoms with Crippen LogP contribution in [0.5, 0.6) is 5.75 Å². The number of hydrogen-bond acceptors (Lipinski definition) is 3. The Morgan fingerprint density at radius 2 is 1.94 bits per heavy atom. The Morgan fingerprint density at radius 1 is 1.25 bits per heavy atom. The molecule has 0 fully saturated rings. The van der Waals surface area contributed by atoms with E-state index in [0.29, 0.717) is 10.4 Å². The number of rotatable bonds is 3. The van der Waals surface area contributed by atoms with Crippen LogP contribution in [-0.2, 0) is 0 Å². The summed E-state index contributed by atoms with van der Waals surface area (Å²) in [7, 11) is 0. The SMILES string of the molecule is FC(F)Oc1ccc(-n2cnc(Br)n2)cc1. The van der Waals surface area contributed by atoms with Crippen LogP contribution in [-0.4, -0.2) is 21.4 Å². The zero-order valence-electron chi connectivity index (χ0n) is 7.85. The van der Waals surface area contributed by atoms with Gasteiger partial charge in [-0.3, -0.25) is 0 Å². The highest BCUT2D eigenvalue weighted by atomic mass is 79.9. The molecule has 0 unspecified atom stereocenters. The van der Waals surface area contributed by atoms with E-state index in [1.807, 2.05) is 0 Å². The van der Waals surface area contributed by atoms with Gasteiger partial charge in [-0.25, -0.2) is 9.67 Å². The molecule has 1 aromatic carbocycles. The van der Waals surface area contributed by atoms with Crippen LogP contribution in [0.15, 0.2) is 35.3 Å². The van der Waals surface area contributed by atoms with Gasteiger partial charge in [-0.15, -0.1) is 5.10 Å². The molecule has 2 aromatic rings. The Hall–Kier alpha value is -1.50. The second-order valence-electron chi connectivity index (χ2n) is 2.83. The van der Waals surface area contributed by atoms with E-state index >= 15 is 0 Å². The number of ether oxygens (including phenoxy) is 1. The summed E-state index contributed by atoms with van der Waals surface area (Å²) in [4.78, 5) is 3.88. The van der Waals surface area contributed by atoms with Crippen molar-refractivity contribution in [3.8, 4) is 11.4 Å². The van der Waals surface area contributed by atoms with E-state index in [0.717, 1.165) is 0 Å². The van der Waals surface area contributed by atoms with E-state index in [-0.39, 0.29) is 5.75 Å². The molecule has 0 aliphatic rings. The van der Waals surface area contributed by atoms with Crippen molar-refractivity contribution in [2.75, 3.05) is 0 Å². The smallest absolute Gasteiger partial charge is 0.387 e. The summed E-state index contributed by atoms with van der Waals surface area (Å²) < 4.78 is 30.0. The lowest BCUT2D eigenvalue weighted by Gasteiger charge is -2.05. The van der Waals surface area contributed by atoms with E-state index in [4.69, 9.17) is 0 Å². The lowest BCUT2D eigenvalue weighted by molar-refractivity contribution is -0.0498. The third-order valence-electron chi connectivity index (χ3n) is 1.79. The molecular formula is C9H6BrF2N3O. The van der Waals surface area contributed by atoms with Gasteiger partial charge in [0.05, 0.1) is 5.69 Å². The normalized spacial score (nSPS) is 10.8. The molecule has 0 saturated carbocycles. The molecule has 1 aromatic heterocycles. The van der Waals surface area contributed by atoms with E-state index < -0.39 is 6.61 Å². The Bertz CT molecular complexity index is 472. The molecule has 84 valence electrons. The summed E-state index contributed by atoms with van der Waals surface area (Å²) in [6.45, 7) is -2.81. The van der Waals surface area contributed by atoms with Gasteiger partial charge in [0.15, 0.2) is 0 Å². The number of nitrogens with zero attached hydrogens (tertiary/aromatic N) is 3. The molecule has 0 spiro atoms. The predicted molar refractivity (Wildman–Crippen MR) is 55.7 cm³/mol. The van der Waals surface area contributed by atoms with Crippen molar-refractivity contribution in [1.29, 1.82) is 0 Å². The minimum atomic E-state index is -2.81. The number of alkyl halides is 2. The van der Waals surface area contributed by atoms with Crippen LogP contribution in [0.25, 0.3) is 5.69 Å². The van der Waals surface area contributed by atoms with E-state index in [1.165, 1.54) is 23.1 Å². The molecule has 0 bridgehead atoms. The maximum absolute atomic E-state index is 11.9. The minimum absolute atomic E-state index is 0.109. The molecule has 0 N–H and O–H groups in total. The van der Waals surface area contributed by atoms with Gasteiger partial charge in [0, 0.05) is 0 Å². The van der Waals surface area contributed by atoms with Crippen molar-refractivity contribution in [3.05, 3.63) is 35.3 Å². The van der Waals surface area contributed by atoms with E-state index in [1.54, 1.807) is 12.1 Å². The van der Waals surface area contributed by atoms with Crippen molar-refractivity contribution in [1.82, 2.24) is 14.8 Å². The average Bonchev–Trinajstić information content (AvgIpc) is 2.65. The maximum Gasteiger partial charge on any atom is 0.387 e. The Labute approximate surface area is 98.0 Å². The van der Waals surface area contributed by atoms with Gasteiger partial charge in [-0.05, 0) is 40.2 Å². The van der Waals surface area contributed by atoms with Gasteiger partial charge in [0.25, 0.3) is 0 Å². The quantitative estimate of drug-likeness (QED) is 0.872. The largest absolute Gasteiger partial charge is 0.435 e. The first-order chi connectivity index (χ1) is 7.65. The molecule has 0 aliphatic carbocycles. The van der Waals surface area contributed by atoms with Crippen molar-refractivity contribution in [2.45, 2.75) is 6.61 Å². The molecule has 0 radical (unpaired) electrons. The molecule has 1 heterocycles. The highest BCUT2D eigenvalue weighted by Gasteiger charge is 2.05. The summed E-state index contributed by atoms with van der Waals surface area (Å²) in [6.07, 6.45) is 1.51. The van der Waals surface area contributed by atoms with Crippen molar-refractivity contribution < 1.29 is 13.5 Å². The molecule has 2 rings (SSSR count). The highest BCUT2D eigenvalue weighted by Crippen LogP contribution is 2.17. The van der Waals surface area contributed by atoms with Gasteiger partial charge in [-0.2, -0.15) is 8.78 Å². The van der Waals surface area contributed by atoms with Gasteiger partial charge < -0.3 is 4.74 Å². The van der Waals surface area contributed by atoms with Crippen molar-refractivity contribution in [2.24, 2.45) is 0 Å². The maximum atomic E-state index is 11.9. The topological polar surface area (TPSA) is 39.9 Å². The minimum Gasteiger partial charge on any atom is -0.435 e. The average molecular weight is 290 g/mol. The molecule has 0 amide bonds. The highest BCUT2D eigenvalue weighted by molar-refractivity contribution is 9.10. The van der Waals surface area contributed by atoms with Gasteiger partial charge in [0.1, 0.15) is 12.1 Å². The molecule has 0 atom stereocenters. The molecule has 16 heavy (non-hydrogen) atoms. The summed E-state index contributed by atoms with van der Waals surface area (Å²) in [5.74, 6) is 0.109. The fraction of sp³-hybridized carbons (Fsp3) is 0.111. The van der Waals surface area contributed by atoms with Gasteiger partial charge in [-0.1, -0.05) is 0 Å². The van der Waals surface area contributed by atoms with E-state index in [9.17, 15) is 8.78 Å². The Kier molecular flexibility index (Phi) is 3.14. The fourth-order valence-corrected chi connectivity index (χ4v) is 1.41. The number of aromatic nitrogens is 3. The van der Waals surface area contributed by atoms with Crippen LogP contribution < -0.4 is 4.74 Å². The molecular weight excluding hydrogens is 284 g/mol. The molecule has 7 heteroatoms. The molecule has 4 nitrogen and oxygen atoms in total. The Morgan fingerprint density at radius 3 is 2.44 bits per heavy atom. The summed E-state index contributed by atoms with van der Waals surface area (Å²) >= 11 is 3.11. The van der Waals surface area contributed by atoms with Crippen LogP contribution in [0, 0.1) is 0 Å². The first kappa shape index (κ1) is 11.0. The zero-order chi connectivity index (χ0) is 11.5. The van der Waals surface area contributed by atoms with Crippen LogP contribution in [0.1, 0.15) is 0 Å². The zero-order valence-corrected chi connectivity index (χ0v) is 9.43. The fourth-order valence-electron chi connectivity index (χ4n) is 1.15. The summed E-state index contributed by atoms with van der Waals surface area (Å²) in [5, 5.41) is 4.00. The first-order valence-electron chi connectivity index (χ1n) is 4.27. The monoisotopic (exact) mass is 289 g/mol. The second kappa shape index (κ2) is 4.56. The first-order valence-corrected chi connectivity index (χ1v) is 5.07. The van der Waals surface area contributed by atoms with Crippen molar-refractivity contribution in [3.63, 3.8) is 0 Å². The van der Waals surface area contributed by atoms with Crippen LogP contribution in [0.3, 0.4) is 0 Å². The van der Waals surface area contributed by atoms with Crippen molar-refractivity contribution >= 4 is 15.9 Å². The number of hydrogen-bond donors (Lipinski definition) is 0. The lowest BCUT2D eigenvalue weighted by Crippen LogP contribution is -2.02. The molecule has 0 aliphatic heterocycles. The third-order valence-corrected chi connectivity index (χ3v) is 2.15. The standard InChI is InChI=1S/C9H6BrF2N3O/c10-8-13-5-15(14-8)6-1-3-7(4-2-6)16-9(11)12/h1-5,9H. The molecule has 0 saturated heterocycles. The Balaban J connectivity index is 2.19. The van der Waals surface area contributed by atoms with E-state index in [2.05, 4.69) is 30.7 Å². The van der Waals surface area contributed by atoms with Gasteiger partial charge >= 0.3 is 6.61 Å². The number of halogens is 3. The summed E-state index contributed by atoms with van der Waals surface area (Å²) in [6, 6.07) is 6.10. The second-order valence-corrected chi connectivity index (χ2v) is 3.54.